The molecule has 0 aliphatic carbocycles. The standard InChI is InChI=1S/C16H13ClN4O/c17-13-7-5-12(6-8-13)11-16(22)19-14-3-1-2-4-15(14)21-10-9-18-20-21/h1-10H,11H2,(H,19,22). The molecule has 1 amide bonds. The van der Waals surface area contributed by atoms with Crippen molar-refractivity contribution in [1.29, 1.82) is 0 Å². The highest BCUT2D eigenvalue weighted by Gasteiger charge is 2.09. The minimum atomic E-state index is -0.102. The number of aromatic nitrogens is 3. The number of anilines is 1. The average Bonchev–Trinajstić information content (AvgIpc) is 3.04. The summed E-state index contributed by atoms with van der Waals surface area (Å²) in [6.07, 6.45) is 3.60. The summed E-state index contributed by atoms with van der Waals surface area (Å²) in [6, 6.07) is 14.7. The first kappa shape index (κ1) is 14.3. The van der Waals surface area contributed by atoms with E-state index in [1.165, 1.54) is 0 Å². The molecule has 0 atom stereocenters. The Bertz CT molecular complexity index is 769. The van der Waals surface area contributed by atoms with Crippen molar-refractivity contribution in [3.05, 3.63) is 71.5 Å². The summed E-state index contributed by atoms with van der Waals surface area (Å²) in [7, 11) is 0. The summed E-state index contributed by atoms with van der Waals surface area (Å²) in [4.78, 5) is 12.2. The summed E-state index contributed by atoms with van der Waals surface area (Å²) in [5, 5.41) is 11.3. The highest BCUT2D eigenvalue weighted by atomic mass is 35.5. The summed E-state index contributed by atoms with van der Waals surface area (Å²) < 4.78 is 1.61. The molecule has 0 fully saturated rings. The van der Waals surface area contributed by atoms with Crippen LogP contribution in [0, 0.1) is 0 Å². The number of carbonyl (C=O) groups is 1. The molecule has 1 aromatic heterocycles. The maximum Gasteiger partial charge on any atom is 0.228 e. The molecule has 0 saturated heterocycles. The number of halogens is 1. The first-order valence-corrected chi connectivity index (χ1v) is 7.10. The van der Waals surface area contributed by atoms with Crippen LogP contribution in [0.2, 0.25) is 5.02 Å². The van der Waals surface area contributed by atoms with Gasteiger partial charge in [0.2, 0.25) is 5.91 Å². The van der Waals surface area contributed by atoms with Crippen LogP contribution in [-0.2, 0) is 11.2 Å². The molecular weight excluding hydrogens is 300 g/mol. The third-order valence-corrected chi connectivity index (χ3v) is 3.38. The second kappa shape index (κ2) is 6.41. The van der Waals surface area contributed by atoms with Crippen molar-refractivity contribution in [2.24, 2.45) is 0 Å². The molecule has 0 unspecified atom stereocenters. The molecule has 3 rings (SSSR count). The van der Waals surface area contributed by atoms with E-state index in [0.29, 0.717) is 10.7 Å². The number of benzene rings is 2. The van der Waals surface area contributed by atoms with Gasteiger partial charge in [-0.3, -0.25) is 4.79 Å². The van der Waals surface area contributed by atoms with Gasteiger partial charge in [0.1, 0.15) is 0 Å². The third-order valence-electron chi connectivity index (χ3n) is 3.13. The van der Waals surface area contributed by atoms with Crippen LogP contribution < -0.4 is 5.32 Å². The lowest BCUT2D eigenvalue weighted by molar-refractivity contribution is -0.115. The number of hydrogen-bond acceptors (Lipinski definition) is 3. The normalized spacial score (nSPS) is 10.4. The fraction of sp³-hybridized carbons (Fsp3) is 0.0625. The van der Waals surface area contributed by atoms with E-state index in [1.54, 1.807) is 29.2 Å². The predicted molar refractivity (Wildman–Crippen MR) is 85.1 cm³/mol. The van der Waals surface area contributed by atoms with Gasteiger partial charge in [0.25, 0.3) is 0 Å². The molecule has 2 aromatic carbocycles. The maximum atomic E-state index is 12.2. The van der Waals surface area contributed by atoms with Crippen molar-refractivity contribution < 1.29 is 4.79 Å². The Labute approximate surface area is 132 Å². The van der Waals surface area contributed by atoms with Crippen LogP contribution in [0.4, 0.5) is 5.69 Å². The Hall–Kier alpha value is -2.66. The van der Waals surface area contributed by atoms with Crippen LogP contribution in [0.25, 0.3) is 5.69 Å². The van der Waals surface area contributed by atoms with Crippen molar-refractivity contribution >= 4 is 23.2 Å². The molecule has 0 bridgehead atoms. The number of carbonyl (C=O) groups excluding carboxylic acids is 1. The van der Waals surface area contributed by atoms with E-state index in [9.17, 15) is 4.79 Å². The fourth-order valence-electron chi connectivity index (χ4n) is 2.10. The number of hydrogen-bond donors (Lipinski definition) is 1. The summed E-state index contributed by atoms with van der Waals surface area (Å²) in [5.41, 5.74) is 2.36. The van der Waals surface area contributed by atoms with E-state index in [1.807, 2.05) is 36.4 Å². The topological polar surface area (TPSA) is 59.8 Å². The lowest BCUT2D eigenvalue weighted by Crippen LogP contribution is -2.16. The van der Waals surface area contributed by atoms with Crippen LogP contribution in [0.1, 0.15) is 5.56 Å². The molecule has 3 aromatic rings. The molecule has 0 saturated carbocycles. The van der Waals surface area contributed by atoms with E-state index in [0.717, 1.165) is 11.3 Å². The third kappa shape index (κ3) is 3.32. The van der Waals surface area contributed by atoms with Gasteiger partial charge in [-0.1, -0.05) is 41.1 Å². The zero-order valence-electron chi connectivity index (χ0n) is 11.6. The van der Waals surface area contributed by atoms with Crippen LogP contribution in [-0.4, -0.2) is 20.9 Å². The zero-order chi connectivity index (χ0) is 15.4. The molecule has 110 valence electrons. The Kier molecular flexibility index (Phi) is 4.16. The minimum absolute atomic E-state index is 0.102. The minimum Gasteiger partial charge on any atom is -0.324 e. The quantitative estimate of drug-likeness (QED) is 0.805. The van der Waals surface area contributed by atoms with Crippen LogP contribution in [0.15, 0.2) is 60.9 Å². The van der Waals surface area contributed by atoms with Gasteiger partial charge in [-0.25, -0.2) is 4.68 Å². The van der Waals surface area contributed by atoms with E-state index in [-0.39, 0.29) is 12.3 Å². The summed E-state index contributed by atoms with van der Waals surface area (Å²) in [5.74, 6) is -0.102. The molecule has 6 heteroatoms. The van der Waals surface area contributed by atoms with E-state index >= 15 is 0 Å². The summed E-state index contributed by atoms with van der Waals surface area (Å²) in [6.45, 7) is 0. The van der Waals surface area contributed by atoms with Gasteiger partial charge in [0.15, 0.2) is 0 Å². The van der Waals surface area contributed by atoms with Crippen LogP contribution in [0.5, 0.6) is 0 Å². The van der Waals surface area contributed by atoms with Crippen LogP contribution in [0.3, 0.4) is 0 Å². The second-order valence-corrected chi connectivity index (χ2v) is 5.15. The molecule has 1 N–H and O–H groups in total. The second-order valence-electron chi connectivity index (χ2n) is 4.72. The molecule has 0 aliphatic rings. The number of nitrogens with one attached hydrogen (secondary N) is 1. The van der Waals surface area contributed by atoms with Gasteiger partial charge in [-0.05, 0) is 29.8 Å². The van der Waals surface area contributed by atoms with Gasteiger partial charge in [-0.15, -0.1) is 5.10 Å². The highest BCUT2D eigenvalue weighted by molar-refractivity contribution is 6.30. The number of nitrogens with zero attached hydrogens (tertiary/aromatic N) is 3. The largest absolute Gasteiger partial charge is 0.324 e. The smallest absolute Gasteiger partial charge is 0.228 e. The van der Waals surface area contributed by atoms with Gasteiger partial charge in [0, 0.05) is 5.02 Å². The lowest BCUT2D eigenvalue weighted by Gasteiger charge is -2.10. The monoisotopic (exact) mass is 312 g/mol. The molecule has 22 heavy (non-hydrogen) atoms. The van der Waals surface area contributed by atoms with Gasteiger partial charge in [0.05, 0.1) is 30.2 Å². The van der Waals surface area contributed by atoms with Crippen molar-refractivity contribution in [2.45, 2.75) is 6.42 Å². The Morgan fingerprint density at radius 2 is 1.91 bits per heavy atom. The SMILES string of the molecule is O=C(Cc1ccc(Cl)cc1)Nc1ccccc1-n1ccnn1. The maximum absolute atomic E-state index is 12.2. The van der Waals surface area contributed by atoms with Gasteiger partial charge >= 0.3 is 0 Å². The number of para-hydroxylation sites is 2. The Morgan fingerprint density at radius 3 is 2.64 bits per heavy atom. The van der Waals surface area contributed by atoms with Crippen molar-refractivity contribution in [1.82, 2.24) is 15.0 Å². The van der Waals surface area contributed by atoms with Crippen molar-refractivity contribution in [3.63, 3.8) is 0 Å². The lowest BCUT2D eigenvalue weighted by atomic mass is 10.1. The zero-order valence-corrected chi connectivity index (χ0v) is 12.4. The van der Waals surface area contributed by atoms with E-state index in [2.05, 4.69) is 15.6 Å². The Morgan fingerprint density at radius 1 is 1.14 bits per heavy atom. The Balaban J connectivity index is 1.76. The van der Waals surface area contributed by atoms with Crippen molar-refractivity contribution in [2.75, 3.05) is 5.32 Å². The molecule has 5 nitrogen and oxygen atoms in total. The summed E-state index contributed by atoms with van der Waals surface area (Å²) >= 11 is 5.84. The molecule has 0 spiro atoms. The molecule has 0 aliphatic heterocycles. The molecule has 0 radical (unpaired) electrons. The predicted octanol–water partition coefficient (Wildman–Crippen LogP) is 3.10. The molecular formula is C16H13ClN4O. The van der Waals surface area contributed by atoms with Crippen LogP contribution >= 0.6 is 11.6 Å². The van der Waals surface area contributed by atoms with E-state index < -0.39 is 0 Å². The average molecular weight is 313 g/mol. The van der Waals surface area contributed by atoms with Crippen molar-refractivity contribution in [3.8, 4) is 5.69 Å². The highest BCUT2D eigenvalue weighted by Crippen LogP contribution is 2.19. The first-order chi connectivity index (χ1) is 10.7. The van der Waals surface area contributed by atoms with E-state index in [4.69, 9.17) is 11.6 Å². The van der Waals surface area contributed by atoms with Gasteiger partial charge in [-0.2, -0.15) is 0 Å². The fourth-order valence-corrected chi connectivity index (χ4v) is 2.22. The first-order valence-electron chi connectivity index (χ1n) is 6.72. The molecule has 1 heterocycles. The number of amides is 1. The van der Waals surface area contributed by atoms with Gasteiger partial charge < -0.3 is 5.32 Å². The number of rotatable bonds is 4.